The third kappa shape index (κ3) is 3.40. The van der Waals surface area contributed by atoms with E-state index in [1.165, 1.54) is 0 Å². The number of hydrogen-bond donors (Lipinski definition) is 1. The van der Waals surface area contributed by atoms with Gasteiger partial charge in [0.1, 0.15) is 5.54 Å². The molecule has 0 bridgehead atoms. The molecule has 1 aromatic heterocycles. The van der Waals surface area contributed by atoms with Gasteiger partial charge in [0.2, 0.25) is 11.8 Å². The van der Waals surface area contributed by atoms with Crippen molar-refractivity contribution < 1.29 is 14.3 Å². The zero-order chi connectivity index (χ0) is 15.6. The average molecular weight is 310 g/mol. The quantitative estimate of drug-likeness (QED) is 0.914. The number of nitrogens with zero attached hydrogens (tertiary/aromatic N) is 3. The van der Waals surface area contributed by atoms with Crippen molar-refractivity contribution in [2.24, 2.45) is 0 Å². The Bertz CT molecular complexity index is 637. The number of carboxylic acids is 1. The number of benzene rings is 1. The summed E-state index contributed by atoms with van der Waals surface area (Å²) in [6.07, 6.45) is 0. The first-order valence-corrected chi connectivity index (χ1v) is 6.71. The Morgan fingerprint density at radius 3 is 2.52 bits per heavy atom. The largest absolute Gasteiger partial charge is 0.480 e. The van der Waals surface area contributed by atoms with Crippen LogP contribution in [0.25, 0.3) is 11.5 Å². The molecule has 0 saturated carbocycles. The second-order valence-corrected chi connectivity index (χ2v) is 5.66. The Balaban J connectivity index is 2.14. The second kappa shape index (κ2) is 5.83. The lowest BCUT2D eigenvalue weighted by Gasteiger charge is -2.29. The van der Waals surface area contributed by atoms with Crippen LogP contribution in [-0.4, -0.2) is 38.8 Å². The van der Waals surface area contributed by atoms with Crippen molar-refractivity contribution >= 4 is 17.6 Å². The Morgan fingerprint density at radius 1 is 1.33 bits per heavy atom. The lowest BCUT2D eigenvalue weighted by Crippen LogP contribution is -2.47. The predicted molar refractivity (Wildman–Crippen MR) is 77.9 cm³/mol. The molecule has 1 aromatic carbocycles. The standard InChI is InChI=1S/C14H16ClN3O3/c1-14(2,13(19)20)18(3)8-11-16-17-12(21-11)9-4-6-10(15)7-5-9/h4-7H,8H2,1-3H3,(H,19,20). The highest BCUT2D eigenvalue weighted by Crippen LogP contribution is 2.22. The van der Waals surface area contributed by atoms with Crippen molar-refractivity contribution in [3.8, 4) is 11.5 Å². The number of halogens is 1. The van der Waals surface area contributed by atoms with Gasteiger partial charge in [0.05, 0.1) is 6.54 Å². The average Bonchev–Trinajstić information content (AvgIpc) is 2.87. The molecule has 0 saturated heterocycles. The Kier molecular flexibility index (Phi) is 4.29. The second-order valence-electron chi connectivity index (χ2n) is 5.23. The molecule has 2 rings (SSSR count). The molecule has 1 heterocycles. The maximum Gasteiger partial charge on any atom is 0.323 e. The highest BCUT2D eigenvalue weighted by molar-refractivity contribution is 6.30. The first-order valence-electron chi connectivity index (χ1n) is 6.33. The van der Waals surface area contributed by atoms with Gasteiger partial charge in [-0.2, -0.15) is 0 Å². The van der Waals surface area contributed by atoms with Gasteiger partial charge < -0.3 is 9.52 Å². The van der Waals surface area contributed by atoms with Crippen LogP contribution in [-0.2, 0) is 11.3 Å². The van der Waals surface area contributed by atoms with Crippen molar-refractivity contribution in [2.45, 2.75) is 25.9 Å². The molecule has 0 aliphatic heterocycles. The van der Waals surface area contributed by atoms with Crippen molar-refractivity contribution in [3.05, 3.63) is 35.2 Å². The highest BCUT2D eigenvalue weighted by atomic mass is 35.5. The summed E-state index contributed by atoms with van der Waals surface area (Å²) >= 11 is 5.82. The third-order valence-corrected chi connectivity index (χ3v) is 3.66. The molecule has 21 heavy (non-hydrogen) atoms. The van der Waals surface area contributed by atoms with Gasteiger partial charge in [-0.1, -0.05) is 11.6 Å². The SMILES string of the molecule is CN(Cc1nnc(-c2ccc(Cl)cc2)o1)C(C)(C)C(=O)O. The number of carbonyl (C=O) groups is 1. The first-order chi connectivity index (χ1) is 9.80. The van der Waals surface area contributed by atoms with Gasteiger partial charge in [0, 0.05) is 10.6 Å². The molecule has 0 fully saturated rings. The zero-order valence-corrected chi connectivity index (χ0v) is 12.8. The van der Waals surface area contributed by atoms with Crippen LogP contribution in [0.2, 0.25) is 5.02 Å². The third-order valence-electron chi connectivity index (χ3n) is 3.41. The Hall–Kier alpha value is -1.92. The predicted octanol–water partition coefficient (Wildman–Crippen LogP) is 2.68. The Morgan fingerprint density at radius 2 is 1.95 bits per heavy atom. The fourth-order valence-electron chi connectivity index (χ4n) is 1.59. The van der Waals surface area contributed by atoms with Crippen LogP contribution in [0.3, 0.4) is 0 Å². The highest BCUT2D eigenvalue weighted by Gasteiger charge is 2.32. The number of aliphatic carboxylic acids is 1. The van der Waals surface area contributed by atoms with Gasteiger partial charge in [-0.25, -0.2) is 0 Å². The fraction of sp³-hybridized carbons (Fsp3) is 0.357. The van der Waals surface area contributed by atoms with Gasteiger partial charge in [-0.3, -0.25) is 9.69 Å². The van der Waals surface area contributed by atoms with Crippen LogP contribution in [0.15, 0.2) is 28.7 Å². The number of carboxylic acid groups (broad SMARTS) is 1. The molecule has 0 aliphatic carbocycles. The van der Waals surface area contributed by atoms with E-state index in [-0.39, 0.29) is 6.54 Å². The van der Waals surface area contributed by atoms with E-state index in [9.17, 15) is 9.90 Å². The molecule has 0 atom stereocenters. The van der Waals surface area contributed by atoms with E-state index in [0.29, 0.717) is 16.8 Å². The monoisotopic (exact) mass is 309 g/mol. The van der Waals surface area contributed by atoms with E-state index in [1.807, 2.05) is 0 Å². The maximum absolute atomic E-state index is 11.2. The molecule has 2 aromatic rings. The summed E-state index contributed by atoms with van der Waals surface area (Å²) in [6.45, 7) is 3.48. The van der Waals surface area contributed by atoms with Gasteiger partial charge in [0.15, 0.2) is 0 Å². The minimum absolute atomic E-state index is 0.250. The Labute approximate surface area is 127 Å². The van der Waals surface area contributed by atoms with Crippen LogP contribution in [0, 0.1) is 0 Å². The maximum atomic E-state index is 11.2. The van der Waals surface area contributed by atoms with Crippen LogP contribution in [0.4, 0.5) is 0 Å². The van der Waals surface area contributed by atoms with Crippen molar-refractivity contribution in [1.29, 1.82) is 0 Å². The fourth-order valence-corrected chi connectivity index (χ4v) is 1.72. The molecule has 112 valence electrons. The minimum Gasteiger partial charge on any atom is -0.480 e. The minimum atomic E-state index is -1.02. The summed E-state index contributed by atoms with van der Waals surface area (Å²) in [7, 11) is 1.69. The summed E-state index contributed by atoms with van der Waals surface area (Å²) < 4.78 is 5.56. The normalized spacial score (nSPS) is 11.9. The van der Waals surface area contributed by atoms with E-state index in [1.54, 1.807) is 50.1 Å². The molecular formula is C14H16ClN3O3. The lowest BCUT2D eigenvalue weighted by molar-refractivity contribution is -0.149. The van der Waals surface area contributed by atoms with Crippen molar-refractivity contribution in [2.75, 3.05) is 7.05 Å². The molecule has 0 unspecified atom stereocenters. The first kappa shape index (κ1) is 15.5. The van der Waals surface area contributed by atoms with Gasteiger partial charge in [0.25, 0.3) is 0 Å². The van der Waals surface area contributed by atoms with Crippen molar-refractivity contribution in [1.82, 2.24) is 15.1 Å². The van der Waals surface area contributed by atoms with Crippen LogP contribution in [0.1, 0.15) is 19.7 Å². The molecule has 0 aliphatic rings. The molecule has 0 radical (unpaired) electrons. The number of aromatic nitrogens is 2. The van der Waals surface area contributed by atoms with E-state index in [4.69, 9.17) is 16.0 Å². The summed E-state index contributed by atoms with van der Waals surface area (Å²) in [5.74, 6) is -0.178. The zero-order valence-electron chi connectivity index (χ0n) is 12.0. The van der Waals surface area contributed by atoms with Crippen molar-refractivity contribution in [3.63, 3.8) is 0 Å². The van der Waals surface area contributed by atoms with Crippen LogP contribution >= 0.6 is 11.6 Å². The van der Waals surface area contributed by atoms with Gasteiger partial charge >= 0.3 is 5.97 Å². The van der Waals surface area contributed by atoms with Crippen LogP contribution in [0.5, 0.6) is 0 Å². The molecular weight excluding hydrogens is 294 g/mol. The molecule has 0 spiro atoms. The molecule has 7 heteroatoms. The molecule has 1 N–H and O–H groups in total. The topological polar surface area (TPSA) is 79.5 Å². The summed E-state index contributed by atoms with van der Waals surface area (Å²) in [5, 5.41) is 17.7. The summed E-state index contributed by atoms with van der Waals surface area (Å²) in [6, 6.07) is 7.04. The molecule has 6 nitrogen and oxygen atoms in total. The molecule has 0 amide bonds. The van der Waals surface area contributed by atoms with Crippen LogP contribution < -0.4 is 0 Å². The van der Waals surface area contributed by atoms with E-state index in [0.717, 1.165) is 5.56 Å². The van der Waals surface area contributed by atoms with Gasteiger partial charge in [-0.05, 0) is 45.2 Å². The smallest absolute Gasteiger partial charge is 0.323 e. The summed E-state index contributed by atoms with van der Waals surface area (Å²) in [4.78, 5) is 12.8. The number of rotatable bonds is 5. The van der Waals surface area contributed by atoms with E-state index >= 15 is 0 Å². The van der Waals surface area contributed by atoms with E-state index in [2.05, 4.69) is 10.2 Å². The lowest BCUT2D eigenvalue weighted by atomic mass is 10.0. The van der Waals surface area contributed by atoms with E-state index < -0.39 is 11.5 Å². The summed E-state index contributed by atoms with van der Waals surface area (Å²) in [5.41, 5.74) is -0.257. The van der Waals surface area contributed by atoms with Gasteiger partial charge in [-0.15, -0.1) is 10.2 Å². The number of likely N-dealkylation sites (N-methyl/N-ethyl adjacent to an activating group) is 1. The number of hydrogen-bond acceptors (Lipinski definition) is 5.